The highest BCUT2D eigenvalue weighted by Crippen LogP contribution is 2.36. The van der Waals surface area contributed by atoms with Gasteiger partial charge in [0.25, 0.3) is 0 Å². The van der Waals surface area contributed by atoms with Crippen LogP contribution < -0.4 is 10.5 Å². The molecule has 4 heteroatoms. The summed E-state index contributed by atoms with van der Waals surface area (Å²) in [4.78, 5) is 0. The van der Waals surface area contributed by atoms with Crippen LogP contribution in [0.15, 0.2) is 24.3 Å². The van der Waals surface area contributed by atoms with Crippen molar-refractivity contribution in [3.8, 4) is 0 Å². The molecule has 1 aromatic rings. The normalized spacial score (nSPS) is 26.1. The fourth-order valence-electron chi connectivity index (χ4n) is 2.78. The van der Waals surface area contributed by atoms with E-state index in [0.29, 0.717) is 12.1 Å². The van der Waals surface area contributed by atoms with Crippen LogP contribution in [0.5, 0.6) is 0 Å². The summed E-state index contributed by atoms with van der Waals surface area (Å²) in [6.07, 6.45) is 3.77. The number of nitrogens with one attached hydrogen (secondary N) is 2. The van der Waals surface area contributed by atoms with E-state index in [1.807, 2.05) is 0 Å². The largest absolute Gasteiger partial charge is 0.474 e. The Labute approximate surface area is 103 Å². The monoisotopic (exact) mass is 230 g/mol. The fraction of sp³-hybridized carbons (Fsp3) is 0.538. The zero-order valence-corrected chi connectivity index (χ0v) is 10.3. The van der Waals surface area contributed by atoms with Crippen molar-refractivity contribution in [3.05, 3.63) is 35.4 Å². The van der Waals surface area contributed by atoms with Crippen LogP contribution in [0.1, 0.15) is 36.9 Å². The minimum absolute atomic E-state index is 0.0323. The van der Waals surface area contributed by atoms with Gasteiger partial charge >= 0.3 is 7.19 Å². The van der Waals surface area contributed by atoms with Gasteiger partial charge in [0.1, 0.15) is 0 Å². The average molecular weight is 230 g/mol. The van der Waals surface area contributed by atoms with Crippen molar-refractivity contribution in [3.63, 3.8) is 0 Å². The molecule has 0 bridgehead atoms. The molecule has 0 unspecified atom stereocenters. The lowest BCUT2D eigenvalue weighted by Gasteiger charge is -2.10. The van der Waals surface area contributed by atoms with Gasteiger partial charge in [-0.2, -0.15) is 0 Å². The van der Waals surface area contributed by atoms with Gasteiger partial charge < -0.3 is 15.1 Å². The molecule has 1 heterocycles. The number of fused-ring (bicyclic) bond motifs is 3. The zero-order valence-electron chi connectivity index (χ0n) is 10.3. The lowest BCUT2D eigenvalue weighted by Crippen LogP contribution is -2.45. The number of unbranched alkanes of at least 4 members (excludes halogenated alkanes) is 1. The lowest BCUT2D eigenvalue weighted by atomic mass is 10.00. The van der Waals surface area contributed by atoms with Gasteiger partial charge in [0, 0.05) is 0 Å². The minimum atomic E-state index is 0.0323. The van der Waals surface area contributed by atoms with Crippen LogP contribution in [0, 0.1) is 0 Å². The smallest absolute Gasteiger partial charge is 0.403 e. The van der Waals surface area contributed by atoms with Crippen molar-refractivity contribution in [2.75, 3.05) is 6.54 Å². The first kappa shape index (κ1) is 11.3. The molecule has 1 aromatic carbocycles. The topological polar surface area (TPSA) is 33.3 Å². The summed E-state index contributed by atoms with van der Waals surface area (Å²) in [6, 6.07) is 9.02. The molecule has 2 aliphatic rings. The second-order valence-electron chi connectivity index (χ2n) is 4.91. The Hall–Kier alpha value is -0.835. The quantitative estimate of drug-likeness (QED) is 0.609. The third-order valence-corrected chi connectivity index (χ3v) is 3.68. The zero-order chi connectivity index (χ0) is 11.7. The van der Waals surface area contributed by atoms with Crippen LogP contribution in [0.3, 0.4) is 0 Å². The Bertz CT molecular complexity index is 399. The molecule has 0 radical (unpaired) electrons. The Kier molecular flexibility index (Phi) is 3.18. The predicted molar refractivity (Wildman–Crippen MR) is 69.6 cm³/mol. The highest BCUT2D eigenvalue weighted by atomic mass is 16.5. The molecule has 90 valence electrons. The van der Waals surface area contributed by atoms with E-state index in [-0.39, 0.29) is 7.19 Å². The number of hydrogen-bond acceptors (Lipinski definition) is 3. The van der Waals surface area contributed by atoms with Gasteiger partial charge in [-0.05, 0) is 30.5 Å². The second-order valence-corrected chi connectivity index (χ2v) is 4.91. The first-order valence-corrected chi connectivity index (χ1v) is 6.61. The molecule has 1 fully saturated rings. The molecule has 0 amide bonds. The number of rotatable bonds is 4. The standard InChI is InChI=1S/C13H19BN2O/c1-2-3-8-15-14-16-13-11-7-5-4-6-10(11)9-12(13)17-14/h4-7,12-13,15-16H,2-3,8-9H2,1H3/t12-,13+/m1/s1. The molecule has 2 N–H and O–H groups in total. The van der Waals surface area contributed by atoms with Gasteiger partial charge in [-0.15, -0.1) is 0 Å². The maximum Gasteiger partial charge on any atom is 0.474 e. The molecule has 1 saturated heterocycles. The lowest BCUT2D eigenvalue weighted by molar-refractivity contribution is 0.220. The Morgan fingerprint density at radius 2 is 2.35 bits per heavy atom. The molecule has 17 heavy (non-hydrogen) atoms. The van der Waals surface area contributed by atoms with E-state index in [9.17, 15) is 0 Å². The number of hydrogen-bond donors (Lipinski definition) is 2. The van der Waals surface area contributed by atoms with Crippen molar-refractivity contribution in [1.29, 1.82) is 0 Å². The summed E-state index contributed by atoms with van der Waals surface area (Å²) in [7, 11) is 0.0323. The molecule has 3 rings (SSSR count). The van der Waals surface area contributed by atoms with Crippen molar-refractivity contribution in [1.82, 2.24) is 10.5 Å². The van der Waals surface area contributed by atoms with Crippen molar-refractivity contribution < 1.29 is 4.65 Å². The molecule has 3 nitrogen and oxygen atoms in total. The number of benzene rings is 1. The van der Waals surface area contributed by atoms with Crippen LogP contribution in [0.4, 0.5) is 0 Å². The maximum absolute atomic E-state index is 5.99. The van der Waals surface area contributed by atoms with E-state index in [1.54, 1.807) is 0 Å². The fourth-order valence-corrected chi connectivity index (χ4v) is 2.78. The first-order valence-electron chi connectivity index (χ1n) is 6.61. The van der Waals surface area contributed by atoms with Gasteiger partial charge in [0.15, 0.2) is 0 Å². The summed E-state index contributed by atoms with van der Waals surface area (Å²) in [5.74, 6) is 0. The van der Waals surface area contributed by atoms with Gasteiger partial charge in [-0.25, -0.2) is 0 Å². The first-order chi connectivity index (χ1) is 8.38. The van der Waals surface area contributed by atoms with E-state index in [0.717, 1.165) is 13.0 Å². The van der Waals surface area contributed by atoms with Crippen LogP contribution in [0.2, 0.25) is 0 Å². The molecule has 2 atom stereocenters. The molecule has 0 spiro atoms. The Morgan fingerprint density at radius 3 is 3.24 bits per heavy atom. The van der Waals surface area contributed by atoms with Crippen LogP contribution in [0.25, 0.3) is 0 Å². The second kappa shape index (κ2) is 4.80. The SMILES string of the molecule is CCCCNB1N[C@H]2c3ccccc3C[C@H]2O1. The van der Waals surface area contributed by atoms with Gasteiger partial charge in [-0.1, -0.05) is 37.6 Å². The average Bonchev–Trinajstić information content (AvgIpc) is 2.86. The predicted octanol–water partition coefficient (Wildman–Crippen LogP) is 1.65. The summed E-state index contributed by atoms with van der Waals surface area (Å²) in [5, 5.41) is 6.94. The molecule has 0 saturated carbocycles. The Balaban J connectivity index is 1.63. The van der Waals surface area contributed by atoms with E-state index in [4.69, 9.17) is 4.65 Å². The molecular weight excluding hydrogens is 211 g/mol. The summed E-state index contributed by atoms with van der Waals surface area (Å²) >= 11 is 0. The van der Waals surface area contributed by atoms with Gasteiger partial charge in [0.2, 0.25) is 0 Å². The summed E-state index contributed by atoms with van der Waals surface area (Å²) in [5.41, 5.74) is 2.85. The van der Waals surface area contributed by atoms with Crippen molar-refractivity contribution in [2.45, 2.75) is 38.3 Å². The maximum atomic E-state index is 5.99. The third-order valence-electron chi connectivity index (χ3n) is 3.68. The van der Waals surface area contributed by atoms with Gasteiger partial charge in [-0.3, -0.25) is 0 Å². The van der Waals surface area contributed by atoms with Crippen molar-refractivity contribution in [2.24, 2.45) is 0 Å². The van der Waals surface area contributed by atoms with Crippen LogP contribution in [-0.4, -0.2) is 19.8 Å². The third kappa shape index (κ3) is 2.13. The highest BCUT2D eigenvalue weighted by Gasteiger charge is 2.43. The van der Waals surface area contributed by atoms with Crippen LogP contribution in [-0.2, 0) is 11.1 Å². The van der Waals surface area contributed by atoms with E-state index in [1.165, 1.54) is 24.0 Å². The molecule has 1 aliphatic carbocycles. The Morgan fingerprint density at radius 1 is 1.47 bits per heavy atom. The minimum Gasteiger partial charge on any atom is -0.403 e. The van der Waals surface area contributed by atoms with Crippen molar-refractivity contribution >= 4 is 7.19 Å². The van der Waals surface area contributed by atoms with E-state index in [2.05, 4.69) is 41.6 Å². The molecule has 1 aliphatic heterocycles. The molecular formula is C13H19BN2O. The van der Waals surface area contributed by atoms with Gasteiger partial charge in [0.05, 0.1) is 12.1 Å². The summed E-state index contributed by atoms with van der Waals surface area (Å²) < 4.78 is 5.99. The van der Waals surface area contributed by atoms with E-state index < -0.39 is 0 Å². The molecule has 0 aromatic heterocycles. The summed E-state index contributed by atoms with van der Waals surface area (Å²) in [6.45, 7) is 3.23. The van der Waals surface area contributed by atoms with E-state index >= 15 is 0 Å². The van der Waals surface area contributed by atoms with Crippen LogP contribution >= 0.6 is 0 Å². The highest BCUT2D eigenvalue weighted by molar-refractivity contribution is 6.46.